The largest absolute Gasteiger partial charge is 0.369 e. The first kappa shape index (κ1) is 18.8. The van der Waals surface area contributed by atoms with Crippen LogP contribution in [0.5, 0.6) is 0 Å². The number of aryl methyl sites for hydroxylation is 1. The molecule has 0 spiro atoms. The van der Waals surface area contributed by atoms with Gasteiger partial charge in [0.1, 0.15) is 5.01 Å². The Labute approximate surface area is 169 Å². The summed E-state index contributed by atoms with van der Waals surface area (Å²) in [6, 6.07) is 10.2. The number of piperidine rings is 1. The third kappa shape index (κ3) is 4.31. The van der Waals surface area contributed by atoms with Gasteiger partial charge in [-0.3, -0.25) is 4.79 Å². The second-order valence-electron chi connectivity index (χ2n) is 7.24. The van der Waals surface area contributed by atoms with Crippen molar-refractivity contribution >= 4 is 17.2 Å². The maximum Gasteiger partial charge on any atom is 0.221 e. The Morgan fingerprint density at radius 1 is 1.21 bits per heavy atom. The first-order valence-electron chi connectivity index (χ1n) is 9.75. The number of hydrogen-bond donors (Lipinski definition) is 1. The molecule has 1 aromatic carbocycles. The Kier molecular flexibility index (Phi) is 5.83. The number of thiazole rings is 1. The standard InChI is InChI=1S/C21H25N5OS/c22-19(27)17-8-4-10-25(15-17)11-5-12-26-13-9-23-20(26)18-14-24-21(28-18)16-6-2-1-3-7-16/h1-3,6-7,9,13-14,17H,4-5,8,10-12,15H2,(H2,22,27). The maximum absolute atomic E-state index is 11.4. The second-order valence-corrected chi connectivity index (χ2v) is 8.27. The summed E-state index contributed by atoms with van der Waals surface area (Å²) in [6.07, 6.45) is 8.77. The Morgan fingerprint density at radius 2 is 2.07 bits per heavy atom. The lowest BCUT2D eigenvalue weighted by molar-refractivity contribution is -0.123. The molecule has 1 unspecified atom stereocenters. The molecule has 1 atom stereocenters. The van der Waals surface area contributed by atoms with Crippen molar-refractivity contribution in [3.8, 4) is 21.3 Å². The Morgan fingerprint density at radius 3 is 2.89 bits per heavy atom. The third-order valence-electron chi connectivity index (χ3n) is 5.24. The summed E-state index contributed by atoms with van der Waals surface area (Å²) in [5, 5.41) is 1.01. The predicted molar refractivity (Wildman–Crippen MR) is 112 cm³/mol. The molecule has 0 saturated carbocycles. The second kappa shape index (κ2) is 8.67. The summed E-state index contributed by atoms with van der Waals surface area (Å²) in [5.74, 6) is 0.806. The van der Waals surface area contributed by atoms with E-state index in [1.165, 1.54) is 0 Å². The van der Waals surface area contributed by atoms with E-state index >= 15 is 0 Å². The number of benzene rings is 1. The van der Waals surface area contributed by atoms with E-state index in [1.807, 2.05) is 36.8 Å². The van der Waals surface area contributed by atoms with E-state index in [4.69, 9.17) is 5.73 Å². The van der Waals surface area contributed by atoms with Gasteiger partial charge in [-0.25, -0.2) is 9.97 Å². The molecule has 146 valence electrons. The highest BCUT2D eigenvalue weighted by Gasteiger charge is 2.23. The molecule has 2 aromatic heterocycles. The third-order valence-corrected chi connectivity index (χ3v) is 6.29. The van der Waals surface area contributed by atoms with Crippen LogP contribution in [-0.2, 0) is 11.3 Å². The number of rotatable bonds is 7. The maximum atomic E-state index is 11.4. The predicted octanol–water partition coefficient (Wildman–Crippen LogP) is 3.26. The van der Waals surface area contributed by atoms with Crippen LogP contribution in [0.25, 0.3) is 21.3 Å². The number of imidazole rings is 1. The fourth-order valence-electron chi connectivity index (χ4n) is 3.76. The fraction of sp³-hybridized carbons (Fsp3) is 0.381. The number of nitrogens with two attached hydrogens (primary N) is 1. The Bertz CT molecular complexity index is 920. The van der Waals surface area contributed by atoms with Gasteiger partial charge in [0, 0.05) is 37.2 Å². The Balaban J connectivity index is 1.37. The monoisotopic (exact) mass is 395 g/mol. The summed E-state index contributed by atoms with van der Waals surface area (Å²) in [5.41, 5.74) is 6.61. The van der Waals surface area contributed by atoms with Gasteiger partial charge in [-0.15, -0.1) is 11.3 Å². The van der Waals surface area contributed by atoms with Crippen molar-refractivity contribution in [1.29, 1.82) is 0 Å². The molecule has 7 heteroatoms. The molecule has 3 heterocycles. The van der Waals surface area contributed by atoms with Crippen LogP contribution in [0.4, 0.5) is 0 Å². The van der Waals surface area contributed by atoms with Crippen molar-refractivity contribution in [1.82, 2.24) is 19.4 Å². The number of amides is 1. The minimum absolute atomic E-state index is 0.00570. The minimum Gasteiger partial charge on any atom is -0.369 e. The lowest BCUT2D eigenvalue weighted by Gasteiger charge is -2.31. The van der Waals surface area contributed by atoms with E-state index in [0.717, 1.165) is 66.7 Å². The number of carbonyl (C=O) groups is 1. The molecule has 1 fully saturated rings. The van der Waals surface area contributed by atoms with Gasteiger partial charge in [0.05, 0.1) is 10.8 Å². The van der Waals surface area contributed by atoms with Crippen LogP contribution in [-0.4, -0.2) is 45.0 Å². The molecule has 1 saturated heterocycles. The van der Waals surface area contributed by atoms with E-state index in [1.54, 1.807) is 11.3 Å². The van der Waals surface area contributed by atoms with E-state index in [9.17, 15) is 4.79 Å². The van der Waals surface area contributed by atoms with Crippen LogP contribution in [0.15, 0.2) is 48.9 Å². The zero-order valence-corrected chi connectivity index (χ0v) is 16.6. The van der Waals surface area contributed by atoms with E-state index < -0.39 is 0 Å². The van der Waals surface area contributed by atoms with Crippen molar-refractivity contribution < 1.29 is 4.79 Å². The van der Waals surface area contributed by atoms with Crippen molar-refractivity contribution in [2.45, 2.75) is 25.8 Å². The van der Waals surface area contributed by atoms with Crippen LogP contribution in [0, 0.1) is 5.92 Å². The molecule has 0 radical (unpaired) electrons. The topological polar surface area (TPSA) is 77.0 Å². The molecular weight excluding hydrogens is 370 g/mol. The van der Waals surface area contributed by atoms with Crippen molar-refractivity contribution in [3.05, 3.63) is 48.9 Å². The molecule has 1 aliphatic heterocycles. The van der Waals surface area contributed by atoms with Crippen molar-refractivity contribution in [3.63, 3.8) is 0 Å². The summed E-state index contributed by atoms with van der Waals surface area (Å²) in [7, 11) is 0. The minimum atomic E-state index is -0.166. The molecule has 0 bridgehead atoms. The number of primary amides is 1. The first-order chi connectivity index (χ1) is 13.7. The molecule has 6 nitrogen and oxygen atoms in total. The smallest absolute Gasteiger partial charge is 0.221 e. The van der Waals surface area contributed by atoms with Gasteiger partial charge in [0.25, 0.3) is 0 Å². The molecule has 1 amide bonds. The van der Waals surface area contributed by atoms with Gasteiger partial charge >= 0.3 is 0 Å². The first-order valence-corrected chi connectivity index (χ1v) is 10.6. The zero-order valence-electron chi connectivity index (χ0n) is 15.8. The average Bonchev–Trinajstić information content (AvgIpc) is 3.38. The van der Waals surface area contributed by atoms with E-state index in [0.29, 0.717) is 0 Å². The van der Waals surface area contributed by atoms with Crippen molar-refractivity contribution in [2.75, 3.05) is 19.6 Å². The highest BCUT2D eigenvalue weighted by molar-refractivity contribution is 7.18. The molecule has 1 aliphatic rings. The lowest BCUT2D eigenvalue weighted by atomic mass is 9.97. The van der Waals surface area contributed by atoms with E-state index in [-0.39, 0.29) is 11.8 Å². The molecule has 0 aliphatic carbocycles. The van der Waals surface area contributed by atoms with Crippen LogP contribution in [0.1, 0.15) is 19.3 Å². The SMILES string of the molecule is NC(=O)C1CCCN(CCCn2ccnc2-c2cnc(-c3ccccc3)s2)C1. The van der Waals surface area contributed by atoms with Crippen LogP contribution >= 0.6 is 11.3 Å². The summed E-state index contributed by atoms with van der Waals surface area (Å²) < 4.78 is 2.19. The molecule has 3 aromatic rings. The molecular formula is C21H25N5OS. The highest BCUT2D eigenvalue weighted by Crippen LogP contribution is 2.31. The quantitative estimate of drug-likeness (QED) is 0.666. The van der Waals surface area contributed by atoms with Gasteiger partial charge in [-0.05, 0) is 32.4 Å². The lowest BCUT2D eigenvalue weighted by Crippen LogP contribution is -2.41. The van der Waals surface area contributed by atoms with Crippen LogP contribution in [0.3, 0.4) is 0 Å². The van der Waals surface area contributed by atoms with Gasteiger partial charge in [-0.1, -0.05) is 30.3 Å². The van der Waals surface area contributed by atoms with Crippen LogP contribution in [0.2, 0.25) is 0 Å². The number of nitrogens with zero attached hydrogens (tertiary/aromatic N) is 4. The summed E-state index contributed by atoms with van der Waals surface area (Å²) >= 11 is 1.67. The normalized spacial score (nSPS) is 17.6. The average molecular weight is 396 g/mol. The summed E-state index contributed by atoms with van der Waals surface area (Å²) in [4.78, 5) is 24.0. The fourth-order valence-corrected chi connectivity index (χ4v) is 4.70. The number of carbonyl (C=O) groups excluding carboxylic acids is 1. The van der Waals surface area contributed by atoms with Crippen LogP contribution < -0.4 is 5.73 Å². The Hall–Kier alpha value is -2.51. The number of hydrogen-bond acceptors (Lipinski definition) is 5. The summed E-state index contributed by atoms with van der Waals surface area (Å²) in [6.45, 7) is 3.71. The van der Waals surface area contributed by atoms with Crippen molar-refractivity contribution in [2.24, 2.45) is 11.7 Å². The number of aromatic nitrogens is 3. The molecule has 28 heavy (non-hydrogen) atoms. The van der Waals surface area contributed by atoms with Gasteiger partial charge in [-0.2, -0.15) is 0 Å². The van der Waals surface area contributed by atoms with E-state index in [2.05, 4.69) is 31.6 Å². The van der Waals surface area contributed by atoms with Gasteiger partial charge in [0.2, 0.25) is 5.91 Å². The highest BCUT2D eigenvalue weighted by atomic mass is 32.1. The number of likely N-dealkylation sites (tertiary alicyclic amines) is 1. The molecule has 4 rings (SSSR count). The van der Waals surface area contributed by atoms with Gasteiger partial charge < -0.3 is 15.2 Å². The molecule has 2 N–H and O–H groups in total. The zero-order chi connectivity index (χ0) is 19.3. The van der Waals surface area contributed by atoms with Gasteiger partial charge in [0.15, 0.2) is 5.82 Å².